The van der Waals surface area contributed by atoms with Gasteiger partial charge in [0.05, 0.1) is 19.3 Å². The molecule has 0 aromatic heterocycles. The molecule has 0 spiro atoms. The van der Waals surface area contributed by atoms with Crippen molar-refractivity contribution in [3.8, 4) is 5.75 Å². The van der Waals surface area contributed by atoms with E-state index in [9.17, 15) is 9.36 Å². The molecule has 146 valence electrons. The zero-order valence-corrected chi connectivity index (χ0v) is 15.8. The first-order chi connectivity index (χ1) is 13.0. The zero-order valence-electron chi connectivity index (χ0n) is 14.9. The Morgan fingerprint density at radius 3 is 3.07 bits per heavy atom. The summed E-state index contributed by atoms with van der Waals surface area (Å²) >= 11 is 0. The normalized spacial score (nSPS) is 28.0. The van der Waals surface area contributed by atoms with Crippen LogP contribution >= 0.6 is 7.82 Å². The molecule has 9 nitrogen and oxygen atoms in total. The number of hydrogen-bond donors (Lipinski definition) is 1. The molecule has 10 heteroatoms. The number of nitrogens with two attached hydrogens (primary N) is 1. The molecule has 1 aromatic carbocycles. The van der Waals surface area contributed by atoms with Gasteiger partial charge in [0.15, 0.2) is 0 Å². The Kier molecular flexibility index (Phi) is 6.28. The van der Waals surface area contributed by atoms with Crippen LogP contribution in [0.4, 0.5) is 0 Å². The zero-order chi connectivity index (χ0) is 19.3. The predicted octanol–water partition coefficient (Wildman–Crippen LogP) is 2.18. The molecule has 1 aromatic rings. The fourth-order valence-electron chi connectivity index (χ4n) is 2.75. The number of carbonyl (C=O) groups excluding carboxylic acids is 1. The Bertz CT molecular complexity index is 784. The molecule has 3 unspecified atom stereocenters. The molecule has 2 heterocycles. The number of amidine groups is 1. The van der Waals surface area contributed by atoms with Crippen molar-refractivity contribution in [2.45, 2.75) is 31.8 Å². The first-order valence-electron chi connectivity index (χ1n) is 8.48. The van der Waals surface area contributed by atoms with Gasteiger partial charge in [0.2, 0.25) is 6.41 Å². The highest BCUT2D eigenvalue weighted by Gasteiger charge is 2.36. The molecule has 2 aliphatic heterocycles. The second-order valence-electron chi connectivity index (χ2n) is 6.15. The van der Waals surface area contributed by atoms with Gasteiger partial charge in [0.25, 0.3) is 0 Å². The van der Waals surface area contributed by atoms with Gasteiger partial charge in [-0.3, -0.25) is 13.8 Å². The van der Waals surface area contributed by atoms with Gasteiger partial charge in [-0.25, -0.2) is 4.57 Å². The highest BCUT2D eigenvalue weighted by Crippen LogP contribution is 2.54. The minimum absolute atomic E-state index is 0.0994. The van der Waals surface area contributed by atoms with Crippen LogP contribution in [0.1, 0.15) is 18.4 Å². The number of aliphatic imine (C=N–C) groups is 1. The van der Waals surface area contributed by atoms with Crippen LogP contribution in [0.2, 0.25) is 0 Å². The molecule has 0 saturated carbocycles. The molecule has 0 aliphatic carbocycles. The van der Waals surface area contributed by atoms with Gasteiger partial charge in [-0.2, -0.15) is 4.99 Å². The molecule has 2 aliphatic rings. The second kappa shape index (κ2) is 8.67. The number of benzene rings is 1. The lowest BCUT2D eigenvalue weighted by Crippen LogP contribution is -2.28. The molecule has 0 bridgehead atoms. The first-order valence-corrected chi connectivity index (χ1v) is 9.94. The molecule has 1 fully saturated rings. The average Bonchev–Trinajstić information content (AvgIpc) is 3.14. The summed E-state index contributed by atoms with van der Waals surface area (Å²) in [6.07, 6.45) is 4.65. The molecule has 27 heavy (non-hydrogen) atoms. The molecule has 3 atom stereocenters. The molecule has 1 amide bonds. The van der Waals surface area contributed by atoms with Crippen LogP contribution in [-0.4, -0.2) is 43.1 Å². The number of rotatable bonds is 7. The minimum Gasteiger partial charge on any atom is -0.404 e. The summed E-state index contributed by atoms with van der Waals surface area (Å²) in [5, 5.41) is 0. The van der Waals surface area contributed by atoms with E-state index in [0.29, 0.717) is 12.2 Å². The van der Waals surface area contributed by atoms with Crippen molar-refractivity contribution in [3.63, 3.8) is 0 Å². The van der Waals surface area contributed by atoms with Crippen molar-refractivity contribution in [3.05, 3.63) is 42.1 Å². The molecular formula is C17H22N3O6P. The summed E-state index contributed by atoms with van der Waals surface area (Å²) in [5.41, 5.74) is 6.35. The van der Waals surface area contributed by atoms with Crippen LogP contribution in [0.3, 0.4) is 0 Å². The second-order valence-corrected chi connectivity index (χ2v) is 7.74. The van der Waals surface area contributed by atoms with Crippen LogP contribution in [-0.2, 0) is 29.8 Å². The minimum atomic E-state index is -3.65. The molecule has 3 rings (SSSR count). The van der Waals surface area contributed by atoms with Crippen molar-refractivity contribution in [2.75, 3.05) is 13.7 Å². The van der Waals surface area contributed by atoms with E-state index in [1.54, 1.807) is 18.3 Å². The maximum absolute atomic E-state index is 12.6. The third-order valence-corrected chi connectivity index (χ3v) is 5.53. The largest absolute Gasteiger partial charge is 0.530 e. The average molecular weight is 395 g/mol. The van der Waals surface area contributed by atoms with E-state index in [0.717, 1.165) is 18.4 Å². The molecule has 2 N–H and O–H groups in total. The third kappa shape index (κ3) is 5.17. The summed E-state index contributed by atoms with van der Waals surface area (Å²) in [5.74, 6) is 0.622. The van der Waals surface area contributed by atoms with Gasteiger partial charge in [-0.1, -0.05) is 18.2 Å². The molecule has 0 radical (unpaired) electrons. The van der Waals surface area contributed by atoms with Crippen LogP contribution < -0.4 is 10.3 Å². The van der Waals surface area contributed by atoms with E-state index in [2.05, 4.69) is 4.99 Å². The number of phosphoric acid groups is 1. The van der Waals surface area contributed by atoms with Crippen molar-refractivity contribution >= 4 is 20.1 Å². The summed E-state index contributed by atoms with van der Waals surface area (Å²) < 4.78 is 34.6. The maximum Gasteiger partial charge on any atom is 0.530 e. The highest BCUT2D eigenvalue weighted by molar-refractivity contribution is 7.49. The van der Waals surface area contributed by atoms with Gasteiger partial charge in [0.1, 0.15) is 17.8 Å². The maximum atomic E-state index is 12.6. The van der Waals surface area contributed by atoms with Gasteiger partial charge < -0.3 is 19.9 Å². The summed E-state index contributed by atoms with van der Waals surface area (Å²) in [4.78, 5) is 15.5. The number of phosphoric ester groups is 1. The number of amides is 1. The van der Waals surface area contributed by atoms with Gasteiger partial charge >= 0.3 is 7.82 Å². The Labute approximate surface area is 157 Å². The van der Waals surface area contributed by atoms with Crippen LogP contribution in [0.15, 0.2) is 41.5 Å². The number of para-hydroxylation sites is 1. The lowest BCUT2D eigenvalue weighted by Gasteiger charge is -2.26. The van der Waals surface area contributed by atoms with Gasteiger partial charge in [-0.05, 0) is 25.0 Å². The lowest BCUT2D eigenvalue weighted by atomic mass is 10.2. The number of nitrogens with zero attached hydrogens (tertiary/aromatic N) is 2. The van der Waals surface area contributed by atoms with E-state index in [1.807, 2.05) is 24.1 Å². The molecular weight excluding hydrogens is 373 g/mol. The number of hydrogen-bond acceptors (Lipinski definition) is 7. The standard InChI is InChI=1S/C17H22N3O6P/c1-20(9-8-16(18)19-12-21)17-7-6-14(25-17)11-24-27(22)23-10-13-4-2-3-5-15(13)26-27/h2-5,8-9,12,14,17H,6-7,10-11H2,1H3,(H2,18,19,21)/b9-8-. The van der Waals surface area contributed by atoms with Gasteiger partial charge in [-0.15, -0.1) is 0 Å². The van der Waals surface area contributed by atoms with Crippen LogP contribution in [0.25, 0.3) is 0 Å². The Balaban J connectivity index is 1.48. The van der Waals surface area contributed by atoms with Gasteiger partial charge in [0, 0.05) is 18.8 Å². The quantitative estimate of drug-likeness (QED) is 0.324. The van der Waals surface area contributed by atoms with E-state index < -0.39 is 7.82 Å². The van der Waals surface area contributed by atoms with Crippen molar-refractivity contribution < 1.29 is 27.7 Å². The van der Waals surface area contributed by atoms with Crippen molar-refractivity contribution in [2.24, 2.45) is 10.7 Å². The summed E-state index contributed by atoms with van der Waals surface area (Å²) in [6.45, 7) is 0.279. The van der Waals surface area contributed by atoms with Crippen molar-refractivity contribution in [1.82, 2.24) is 4.90 Å². The Morgan fingerprint density at radius 1 is 1.44 bits per heavy atom. The first kappa shape index (κ1) is 19.6. The topological polar surface area (TPSA) is 113 Å². The SMILES string of the molecule is CN(/C=C\C(N)=NC=O)C1CCC(COP2(=O)OCc3ccccc3O2)O1. The van der Waals surface area contributed by atoms with E-state index in [-0.39, 0.29) is 31.4 Å². The number of carbonyl (C=O) groups is 1. The smallest absolute Gasteiger partial charge is 0.404 e. The van der Waals surface area contributed by atoms with E-state index in [1.165, 1.54) is 6.08 Å². The van der Waals surface area contributed by atoms with Crippen molar-refractivity contribution in [1.29, 1.82) is 0 Å². The fraction of sp³-hybridized carbons (Fsp3) is 0.412. The summed E-state index contributed by atoms with van der Waals surface area (Å²) in [7, 11) is -1.82. The monoisotopic (exact) mass is 395 g/mol. The Hall–Kier alpha value is -2.19. The van der Waals surface area contributed by atoms with E-state index >= 15 is 0 Å². The van der Waals surface area contributed by atoms with Crippen LogP contribution in [0, 0.1) is 0 Å². The number of fused-ring (bicyclic) bond motifs is 1. The third-order valence-electron chi connectivity index (χ3n) is 4.20. The van der Waals surface area contributed by atoms with Crippen LogP contribution in [0.5, 0.6) is 5.75 Å². The lowest BCUT2D eigenvalue weighted by molar-refractivity contribution is -0.106. The van der Waals surface area contributed by atoms with E-state index in [4.69, 9.17) is 24.0 Å². The highest BCUT2D eigenvalue weighted by atomic mass is 31.2. The predicted molar refractivity (Wildman–Crippen MR) is 97.9 cm³/mol. The summed E-state index contributed by atoms with van der Waals surface area (Å²) in [6, 6.07) is 7.24. The Morgan fingerprint density at radius 2 is 2.26 bits per heavy atom. The number of ether oxygens (including phenoxy) is 1. The fourth-order valence-corrected chi connectivity index (χ4v) is 3.99. The molecule has 1 saturated heterocycles.